The van der Waals surface area contributed by atoms with Gasteiger partial charge < -0.3 is 5.73 Å². The van der Waals surface area contributed by atoms with Crippen molar-refractivity contribution in [2.24, 2.45) is 5.73 Å². The van der Waals surface area contributed by atoms with Gasteiger partial charge in [-0.1, -0.05) is 0 Å². The summed E-state index contributed by atoms with van der Waals surface area (Å²) in [4.78, 5) is 43.3. The third kappa shape index (κ3) is 18.4. The van der Waals surface area contributed by atoms with Crippen LogP contribution in [0.2, 0.25) is 0 Å². The Balaban J connectivity index is 0. The summed E-state index contributed by atoms with van der Waals surface area (Å²) >= 11 is 1.85. The molecule has 0 spiro atoms. The first-order valence-corrected chi connectivity index (χ1v) is 17.6. The number of hydrogen-bond acceptors (Lipinski definition) is 5. The van der Waals surface area contributed by atoms with Crippen molar-refractivity contribution in [1.29, 1.82) is 0 Å². The molecule has 0 aliphatic rings. The van der Waals surface area contributed by atoms with Crippen molar-refractivity contribution in [2.75, 3.05) is 6.54 Å². The van der Waals surface area contributed by atoms with Crippen LogP contribution in [0.25, 0.3) is 0 Å². The maximum atomic E-state index is 11.2. The molecule has 0 aliphatic heterocycles. The predicted molar refractivity (Wildman–Crippen MR) is 112 cm³/mol. The number of hydrogen-bond donors (Lipinski definition) is 2. The average Bonchev–Trinajstić information content (AvgIpc) is 2.53. The molecule has 26 heavy (non-hydrogen) atoms. The third-order valence-electron chi connectivity index (χ3n) is 3.52. The molecule has 0 fully saturated rings. The second-order valence-corrected chi connectivity index (χ2v) is 10.2. The van der Waals surface area contributed by atoms with Crippen LogP contribution in [0, 0.1) is 0 Å². The van der Waals surface area contributed by atoms with Crippen LogP contribution in [0.1, 0.15) is 78.6 Å². The van der Waals surface area contributed by atoms with E-state index < -0.39 is 31.8 Å². The van der Waals surface area contributed by atoms with Crippen LogP contribution < -0.4 is 9.76 Å². The van der Waals surface area contributed by atoms with Crippen LogP contribution in [0.4, 0.5) is 0 Å². The molecule has 0 aromatic heterocycles. The van der Waals surface area contributed by atoms with Gasteiger partial charge in [0.05, 0.1) is 0 Å². The van der Waals surface area contributed by atoms with Crippen LogP contribution in [0.5, 0.6) is 0 Å². The van der Waals surface area contributed by atoms with Gasteiger partial charge in [0.15, 0.2) is 0 Å². The Labute approximate surface area is 175 Å². The first-order valence-electron chi connectivity index (χ1n) is 9.01. The van der Waals surface area contributed by atoms with Crippen molar-refractivity contribution in [2.45, 2.75) is 78.6 Å². The van der Waals surface area contributed by atoms with Crippen molar-refractivity contribution in [3.05, 3.63) is 0 Å². The monoisotopic (exact) mass is 538 g/mol. The Morgan fingerprint density at radius 2 is 1.19 bits per heavy atom. The zero-order valence-electron chi connectivity index (χ0n) is 16.2. The SMILES string of the molecule is CC(=O)N(C(C)=O)C(C)=O.NCCCCCCCCCCC(=O)[NH][Ga][I]. The third-order valence-corrected chi connectivity index (χ3v) is 6.04. The summed E-state index contributed by atoms with van der Waals surface area (Å²) in [6, 6.07) is 0. The summed E-state index contributed by atoms with van der Waals surface area (Å²) in [5, 5.41) is 0. The zero-order valence-corrected chi connectivity index (χ0v) is 20.8. The normalized spacial score (nSPS) is 9.58. The van der Waals surface area contributed by atoms with Gasteiger partial charge in [0.1, 0.15) is 0 Å². The first kappa shape index (κ1) is 27.8. The fourth-order valence-corrected chi connectivity index (χ4v) is 4.65. The van der Waals surface area contributed by atoms with Crippen molar-refractivity contribution < 1.29 is 19.2 Å². The molecule has 0 unspecified atom stereocenters. The molecule has 9 heteroatoms. The molecule has 0 atom stereocenters. The van der Waals surface area contributed by atoms with Crippen molar-refractivity contribution in [3.63, 3.8) is 0 Å². The summed E-state index contributed by atoms with van der Waals surface area (Å²) < 4.78 is 2.96. The van der Waals surface area contributed by atoms with Crippen LogP contribution in [-0.2, 0) is 19.2 Å². The van der Waals surface area contributed by atoms with E-state index >= 15 is 0 Å². The van der Waals surface area contributed by atoms with Crippen LogP contribution in [-0.4, -0.2) is 49.2 Å². The Bertz CT molecular complexity index is 403. The number of unbranched alkanes of at least 4 members (excludes halogenated alkanes) is 7. The van der Waals surface area contributed by atoms with Gasteiger partial charge in [-0.05, 0) is 0 Å². The van der Waals surface area contributed by atoms with Crippen LogP contribution in [0.15, 0.2) is 0 Å². The predicted octanol–water partition coefficient (Wildman–Crippen LogP) is 2.47. The van der Waals surface area contributed by atoms with Gasteiger partial charge in [-0.2, -0.15) is 0 Å². The van der Waals surface area contributed by atoms with Crippen molar-refractivity contribution >= 4 is 57.4 Å². The van der Waals surface area contributed by atoms with Crippen LogP contribution in [0.3, 0.4) is 0 Å². The number of nitrogens with two attached hydrogens (primary N) is 1. The minimum atomic E-state index is -0.542. The molecule has 0 heterocycles. The number of amides is 4. The van der Waals surface area contributed by atoms with E-state index in [0.717, 1.165) is 19.4 Å². The maximum absolute atomic E-state index is 11.2. The Hall–Kier alpha value is -0.394. The van der Waals surface area contributed by atoms with Crippen molar-refractivity contribution in [1.82, 2.24) is 8.92 Å². The molecule has 0 saturated carbocycles. The van der Waals surface area contributed by atoms with E-state index in [9.17, 15) is 19.2 Å². The molecule has 0 aromatic carbocycles. The van der Waals surface area contributed by atoms with E-state index in [1.54, 1.807) is 0 Å². The van der Waals surface area contributed by atoms with E-state index in [4.69, 9.17) is 5.73 Å². The standard InChI is InChI=1S/C11H24N2O.C6H9NO3.Ga.HI/c12-10-8-6-4-2-1-3-5-7-9-11(13)14;1-4(8)7(5(2)9)6(3)10;;/h1-10,12H2,(H2,13,14);1-3H3;;1H/q;;+2;/p-2. The Kier molecular flexibility index (Phi) is 20.7. The number of rotatable bonds is 11. The molecular formula is C17H32GaIN3O4. The van der Waals surface area contributed by atoms with Gasteiger partial charge >= 0.3 is 113 Å². The van der Waals surface area contributed by atoms with Crippen molar-refractivity contribution in [3.8, 4) is 0 Å². The molecular weight excluding hydrogens is 507 g/mol. The first-order chi connectivity index (χ1) is 12.3. The van der Waals surface area contributed by atoms with Gasteiger partial charge in [-0.3, -0.25) is 14.4 Å². The fourth-order valence-electron chi connectivity index (χ4n) is 2.29. The van der Waals surface area contributed by atoms with Gasteiger partial charge in [0.2, 0.25) is 17.7 Å². The number of nitrogens with zero attached hydrogens (tertiary/aromatic N) is 1. The molecule has 1 radical (unpaired) electrons. The summed E-state index contributed by atoms with van der Waals surface area (Å²) in [7, 11) is 0. The molecule has 0 saturated heterocycles. The summed E-state index contributed by atoms with van der Waals surface area (Å²) in [5.74, 6) is -1.36. The molecule has 3 N–H and O–H groups in total. The van der Waals surface area contributed by atoms with Gasteiger partial charge in [0.25, 0.3) is 0 Å². The average molecular weight is 539 g/mol. The number of halogens is 1. The van der Waals surface area contributed by atoms with E-state index in [1.165, 1.54) is 65.7 Å². The second kappa shape index (κ2) is 19.4. The minimum absolute atomic E-state index is 0.261. The number of carbonyl (C=O) groups is 4. The van der Waals surface area contributed by atoms with E-state index in [2.05, 4.69) is 23.7 Å². The molecule has 0 aromatic rings. The molecule has 0 rings (SSSR count). The number of carbonyl (C=O) groups excluding carboxylic acids is 4. The Morgan fingerprint density at radius 1 is 0.808 bits per heavy atom. The molecule has 149 valence electrons. The fraction of sp³-hybridized carbons (Fsp3) is 0.765. The molecule has 0 bridgehead atoms. The van der Waals surface area contributed by atoms with Gasteiger partial charge in [-0.25, -0.2) is 4.90 Å². The van der Waals surface area contributed by atoms with Crippen LogP contribution >= 0.6 is 19.7 Å². The second-order valence-electron chi connectivity index (χ2n) is 5.94. The topological polar surface area (TPSA) is 110 Å². The summed E-state index contributed by atoms with van der Waals surface area (Å²) in [6.07, 6.45) is 10.7. The van der Waals surface area contributed by atoms with Gasteiger partial charge in [-0.15, -0.1) is 0 Å². The Morgan fingerprint density at radius 3 is 1.50 bits per heavy atom. The number of nitrogens with one attached hydrogen (secondary N) is 1. The quantitative estimate of drug-likeness (QED) is 0.238. The summed E-state index contributed by atoms with van der Waals surface area (Å²) in [6.45, 7) is 4.34. The zero-order chi connectivity index (χ0) is 20.4. The summed E-state index contributed by atoms with van der Waals surface area (Å²) in [5.41, 5.74) is 5.43. The molecule has 7 nitrogen and oxygen atoms in total. The van der Waals surface area contributed by atoms with Gasteiger partial charge in [0, 0.05) is 20.8 Å². The van der Waals surface area contributed by atoms with E-state index in [-0.39, 0.29) is 5.91 Å². The van der Waals surface area contributed by atoms with E-state index in [1.807, 2.05) is 0 Å². The van der Waals surface area contributed by atoms with E-state index in [0.29, 0.717) is 4.90 Å². The molecule has 4 amide bonds. The molecule has 0 aliphatic carbocycles. The number of imide groups is 3.